The maximum absolute atomic E-state index is 11.8. The summed E-state index contributed by atoms with van der Waals surface area (Å²) in [6.45, 7) is 7.37. The highest BCUT2D eigenvalue weighted by Crippen LogP contribution is 2.17. The average Bonchev–Trinajstić information content (AvgIpc) is 2.43. The van der Waals surface area contributed by atoms with Crippen molar-refractivity contribution in [2.24, 2.45) is 5.92 Å². The maximum atomic E-state index is 11.8. The van der Waals surface area contributed by atoms with Gasteiger partial charge in [-0.2, -0.15) is 0 Å². The van der Waals surface area contributed by atoms with Gasteiger partial charge in [0, 0.05) is 13.2 Å². The predicted molar refractivity (Wildman–Crippen MR) is 78.4 cm³/mol. The molecular formula is C16H30O4. The third-order valence-corrected chi connectivity index (χ3v) is 3.57. The van der Waals surface area contributed by atoms with Crippen molar-refractivity contribution in [3.63, 3.8) is 0 Å². The van der Waals surface area contributed by atoms with Crippen LogP contribution in [-0.2, 0) is 19.0 Å². The molecule has 1 saturated heterocycles. The zero-order valence-corrected chi connectivity index (χ0v) is 13.2. The number of rotatable bonds is 9. The van der Waals surface area contributed by atoms with Crippen molar-refractivity contribution in [1.82, 2.24) is 0 Å². The zero-order chi connectivity index (χ0) is 14.8. The summed E-state index contributed by atoms with van der Waals surface area (Å²) in [5.41, 5.74) is 0. The molecule has 4 heteroatoms. The smallest absolute Gasteiger partial charge is 0.309 e. The zero-order valence-electron chi connectivity index (χ0n) is 13.2. The second-order valence-corrected chi connectivity index (χ2v) is 5.75. The first-order chi connectivity index (χ1) is 9.63. The van der Waals surface area contributed by atoms with E-state index in [1.54, 1.807) is 0 Å². The summed E-state index contributed by atoms with van der Waals surface area (Å²) in [7, 11) is 0. The molecule has 0 bridgehead atoms. The quantitative estimate of drug-likeness (QED) is 0.479. The lowest BCUT2D eigenvalue weighted by Gasteiger charge is -2.22. The van der Waals surface area contributed by atoms with E-state index in [2.05, 4.69) is 0 Å². The molecule has 1 rings (SSSR count). The van der Waals surface area contributed by atoms with Gasteiger partial charge >= 0.3 is 5.97 Å². The molecule has 2 atom stereocenters. The summed E-state index contributed by atoms with van der Waals surface area (Å²) >= 11 is 0. The molecule has 0 aromatic rings. The Morgan fingerprint density at radius 3 is 2.70 bits per heavy atom. The van der Waals surface area contributed by atoms with E-state index in [0.29, 0.717) is 0 Å². The third-order valence-electron chi connectivity index (χ3n) is 3.57. The van der Waals surface area contributed by atoms with Gasteiger partial charge in [-0.15, -0.1) is 0 Å². The van der Waals surface area contributed by atoms with Crippen molar-refractivity contribution >= 4 is 5.97 Å². The normalized spacial score (nSPS) is 20.9. The van der Waals surface area contributed by atoms with Crippen LogP contribution in [0.5, 0.6) is 0 Å². The number of ether oxygens (including phenoxy) is 3. The lowest BCUT2D eigenvalue weighted by Crippen LogP contribution is -2.23. The SMILES string of the molecule is CC[C@@H](CCCCO[C@@H]1CCCCO1)C(=O)OC(C)C. The van der Waals surface area contributed by atoms with Crippen LogP contribution < -0.4 is 0 Å². The van der Waals surface area contributed by atoms with E-state index in [-0.39, 0.29) is 24.3 Å². The Kier molecular flexibility index (Phi) is 8.86. The monoisotopic (exact) mass is 286 g/mol. The largest absolute Gasteiger partial charge is 0.463 e. The molecule has 0 radical (unpaired) electrons. The molecule has 1 aliphatic heterocycles. The van der Waals surface area contributed by atoms with Gasteiger partial charge in [-0.25, -0.2) is 0 Å². The number of esters is 1. The molecule has 118 valence electrons. The van der Waals surface area contributed by atoms with Crippen molar-refractivity contribution < 1.29 is 19.0 Å². The molecule has 0 amide bonds. The second kappa shape index (κ2) is 10.2. The van der Waals surface area contributed by atoms with Gasteiger partial charge in [0.15, 0.2) is 6.29 Å². The molecule has 0 aromatic carbocycles. The Hall–Kier alpha value is -0.610. The summed E-state index contributed by atoms with van der Waals surface area (Å²) in [5, 5.41) is 0. The van der Waals surface area contributed by atoms with Crippen LogP contribution in [-0.4, -0.2) is 31.6 Å². The van der Waals surface area contributed by atoms with Crippen LogP contribution in [0.2, 0.25) is 0 Å². The summed E-state index contributed by atoms with van der Waals surface area (Å²) < 4.78 is 16.5. The Morgan fingerprint density at radius 2 is 2.10 bits per heavy atom. The maximum Gasteiger partial charge on any atom is 0.309 e. The topological polar surface area (TPSA) is 44.8 Å². The van der Waals surface area contributed by atoms with E-state index < -0.39 is 0 Å². The van der Waals surface area contributed by atoms with E-state index in [1.165, 1.54) is 6.42 Å². The molecule has 1 heterocycles. The first kappa shape index (κ1) is 17.4. The first-order valence-corrected chi connectivity index (χ1v) is 8.07. The second-order valence-electron chi connectivity index (χ2n) is 5.75. The van der Waals surface area contributed by atoms with E-state index >= 15 is 0 Å². The van der Waals surface area contributed by atoms with Gasteiger partial charge in [-0.1, -0.05) is 13.3 Å². The van der Waals surface area contributed by atoms with Crippen LogP contribution in [0.4, 0.5) is 0 Å². The molecule has 4 nitrogen and oxygen atoms in total. The molecule has 20 heavy (non-hydrogen) atoms. The average molecular weight is 286 g/mol. The standard InChI is InChI=1S/C16H30O4/c1-4-14(16(17)20-13(2)3)9-5-7-11-18-15-10-6-8-12-19-15/h13-15H,4-12H2,1-3H3/t14-,15-/m0/s1. The van der Waals surface area contributed by atoms with Gasteiger partial charge in [0.25, 0.3) is 0 Å². The van der Waals surface area contributed by atoms with E-state index in [1.807, 2.05) is 20.8 Å². The van der Waals surface area contributed by atoms with Gasteiger partial charge in [-0.05, 0) is 52.4 Å². The number of carbonyl (C=O) groups is 1. The molecular weight excluding hydrogens is 256 g/mol. The lowest BCUT2D eigenvalue weighted by molar-refractivity contribution is -0.163. The van der Waals surface area contributed by atoms with Gasteiger partial charge in [-0.3, -0.25) is 4.79 Å². The summed E-state index contributed by atoms with van der Waals surface area (Å²) in [6, 6.07) is 0. The Labute approximate surface area is 123 Å². The van der Waals surface area contributed by atoms with Crippen molar-refractivity contribution in [3.8, 4) is 0 Å². The fourth-order valence-corrected chi connectivity index (χ4v) is 2.37. The van der Waals surface area contributed by atoms with Crippen LogP contribution in [0, 0.1) is 5.92 Å². The summed E-state index contributed by atoms with van der Waals surface area (Å²) in [4.78, 5) is 11.8. The highest BCUT2D eigenvalue weighted by Gasteiger charge is 2.19. The molecule has 0 saturated carbocycles. The summed E-state index contributed by atoms with van der Waals surface area (Å²) in [6.07, 6.45) is 7.04. The number of carbonyl (C=O) groups excluding carboxylic acids is 1. The van der Waals surface area contributed by atoms with Gasteiger partial charge in [0.05, 0.1) is 12.0 Å². The van der Waals surface area contributed by atoms with E-state index in [0.717, 1.165) is 51.7 Å². The van der Waals surface area contributed by atoms with Gasteiger partial charge < -0.3 is 14.2 Å². The molecule has 1 fully saturated rings. The Balaban J connectivity index is 2.07. The molecule has 1 aliphatic rings. The van der Waals surface area contributed by atoms with E-state index in [9.17, 15) is 4.79 Å². The molecule has 0 aromatic heterocycles. The highest BCUT2D eigenvalue weighted by atomic mass is 16.7. The van der Waals surface area contributed by atoms with Crippen LogP contribution in [0.3, 0.4) is 0 Å². The molecule has 0 spiro atoms. The Bertz CT molecular complexity index is 259. The molecule has 0 N–H and O–H groups in total. The first-order valence-electron chi connectivity index (χ1n) is 8.07. The Morgan fingerprint density at radius 1 is 1.30 bits per heavy atom. The fraction of sp³-hybridized carbons (Fsp3) is 0.938. The minimum Gasteiger partial charge on any atom is -0.463 e. The van der Waals surface area contributed by atoms with Crippen molar-refractivity contribution in [2.45, 2.75) is 78.1 Å². The van der Waals surface area contributed by atoms with Crippen LogP contribution in [0.25, 0.3) is 0 Å². The van der Waals surface area contributed by atoms with Crippen molar-refractivity contribution in [1.29, 1.82) is 0 Å². The number of hydrogen-bond acceptors (Lipinski definition) is 4. The molecule has 0 aliphatic carbocycles. The van der Waals surface area contributed by atoms with Crippen LogP contribution in [0.15, 0.2) is 0 Å². The minimum absolute atomic E-state index is 0.00312. The number of unbranched alkanes of at least 4 members (excludes halogenated alkanes) is 1. The van der Waals surface area contributed by atoms with Crippen LogP contribution in [0.1, 0.15) is 65.7 Å². The highest BCUT2D eigenvalue weighted by molar-refractivity contribution is 5.72. The lowest BCUT2D eigenvalue weighted by atomic mass is 9.99. The fourth-order valence-electron chi connectivity index (χ4n) is 2.37. The van der Waals surface area contributed by atoms with Crippen molar-refractivity contribution in [3.05, 3.63) is 0 Å². The van der Waals surface area contributed by atoms with Crippen molar-refractivity contribution in [2.75, 3.05) is 13.2 Å². The number of hydrogen-bond donors (Lipinski definition) is 0. The van der Waals surface area contributed by atoms with Crippen LogP contribution >= 0.6 is 0 Å². The van der Waals surface area contributed by atoms with Gasteiger partial charge in [0.2, 0.25) is 0 Å². The molecule has 0 unspecified atom stereocenters. The predicted octanol–water partition coefficient (Wildman–Crippen LogP) is 3.68. The minimum atomic E-state index is -0.0565. The summed E-state index contributed by atoms with van der Waals surface area (Å²) in [5.74, 6) is -0.0256. The van der Waals surface area contributed by atoms with E-state index in [4.69, 9.17) is 14.2 Å². The van der Waals surface area contributed by atoms with Gasteiger partial charge in [0.1, 0.15) is 0 Å². The third kappa shape index (κ3) is 7.25.